The Hall–Kier alpha value is -0.860. The van der Waals surface area contributed by atoms with Crippen molar-refractivity contribution in [2.45, 2.75) is 4.90 Å². The molecule has 1 rings (SSSR count). The molecule has 1 aromatic rings. The van der Waals surface area contributed by atoms with Crippen LogP contribution in [0.3, 0.4) is 0 Å². The number of benzene rings is 1. The van der Waals surface area contributed by atoms with Gasteiger partial charge in [-0.1, -0.05) is 23.2 Å². The minimum atomic E-state index is -3.98. The molecule has 0 aliphatic carbocycles. The first kappa shape index (κ1) is 17.2. The van der Waals surface area contributed by atoms with Crippen molar-refractivity contribution in [3.8, 4) is 0 Å². The molecule has 20 heavy (non-hydrogen) atoms. The summed E-state index contributed by atoms with van der Waals surface area (Å²) in [5, 5.41) is 9.09. The van der Waals surface area contributed by atoms with E-state index in [1.54, 1.807) is 0 Å². The first-order chi connectivity index (χ1) is 9.28. The highest BCUT2D eigenvalue weighted by Gasteiger charge is 2.26. The van der Waals surface area contributed by atoms with E-state index in [0.717, 1.165) is 4.31 Å². The van der Waals surface area contributed by atoms with E-state index in [-0.39, 0.29) is 28.1 Å². The molecule has 6 nitrogen and oxygen atoms in total. The van der Waals surface area contributed by atoms with Crippen LogP contribution in [0.1, 0.15) is 0 Å². The number of sulfonamides is 1. The standard InChI is InChI=1S/C11H13Cl2NO5S/c1-19-5-4-14(7-11(15)16)20(17,18)8-2-3-9(12)10(13)6-8/h2-3,6H,4-5,7H2,1H3,(H,15,16). The molecule has 0 atom stereocenters. The molecule has 0 radical (unpaired) electrons. The zero-order valence-electron chi connectivity index (χ0n) is 10.5. The number of carbonyl (C=O) groups is 1. The lowest BCUT2D eigenvalue weighted by Crippen LogP contribution is -2.37. The molecule has 0 bridgehead atoms. The van der Waals surface area contributed by atoms with Gasteiger partial charge in [0.2, 0.25) is 10.0 Å². The van der Waals surface area contributed by atoms with Crippen LogP contribution in [0.25, 0.3) is 0 Å². The van der Waals surface area contributed by atoms with E-state index < -0.39 is 22.5 Å². The Morgan fingerprint density at radius 1 is 1.35 bits per heavy atom. The molecule has 112 valence electrons. The molecule has 0 spiro atoms. The van der Waals surface area contributed by atoms with Crippen LogP contribution in [-0.4, -0.2) is 50.6 Å². The molecule has 0 saturated heterocycles. The van der Waals surface area contributed by atoms with Crippen molar-refractivity contribution in [3.05, 3.63) is 28.2 Å². The molecule has 0 amide bonds. The number of carboxylic acid groups (broad SMARTS) is 1. The molecular formula is C11H13Cl2NO5S. The van der Waals surface area contributed by atoms with Gasteiger partial charge in [0.1, 0.15) is 6.54 Å². The third kappa shape index (κ3) is 4.32. The summed E-state index contributed by atoms with van der Waals surface area (Å²) < 4.78 is 30.3. The quantitative estimate of drug-likeness (QED) is 0.816. The maximum Gasteiger partial charge on any atom is 0.318 e. The first-order valence-electron chi connectivity index (χ1n) is 5.45. The van der Waals surface area contributed by atoms with Crippen LogP contribution in [0.4, 0.5) is 0 Å². The van der Waals surface area contributed by atoms with E-state index in [2.05, 4.69) is 0 Å². The van der Waals surface area contributed by atoms with Crippen LogP contribution in [0.2, 0.25) is 10.0 Å². The lowest BCUT2D eigenvalue weighted by atomic mass is 10.4. The highest BCUT2D eigenvalue weighted by molar-refractivity contribution is 7.89. The van der Waals surface area contributed by atoms with E-state index in [1.165, 1.54) is 25.3 Å². The monoisotopic (exact) mass is 341 g/mol. The number of nitrogens with zero attached hydrogens (tertiary/aromatic N) is 1. The van der Waals surface area contributed by atoms with Crippen molar-refractivity contribution < 1.29 is 23.1 Å². The largest absolute Gasteiger partial charge is 0.480 e. The number of rotatable bonds is 7. The SMILES string of the molecule is COCCN(CC(=O)O)S(=O)(=O)c1ccc(Cl)c(Cl)c1. The predicted octanol–water partition coefficient (Wildman–Crippen LogP) is 1.72. The fraction of sp³-hybridized carbons (Fsp3) is 0.364. The van der Waals surface area contributed by atoms with Gasteiger partial charge >= 0.3 is 5.97 Å². The summed E-state index contributed by atoms with van der Waals surface area (Å²) in [6, 6.07) is 3.79. The van der Waals surface area contributed by atoms with E-state index in [4.69, 9.17) is 33.0 Å². The highest BCUT2D eigenvalue weighted by atomic mass is 35.5. The molecule has 0 saturated carbocycles. The summed E-state index contributed by atoms with van der Waals surface area (Å²) in [6.45, 7) is -0.662. The average molecular weight is 342 g/mol. The number of hydrogen-bond acceptors (Lipinski definition) is 4. The normalized spacial score (nSPS) is 11.8. The van der Waals surface area contributed by atoms with Gasteiger partial charge in [-0.05, 0) is 18.2 Å². The van der Waals surface area contributed by atoms with Crippen LogP contribution in [0.5, 0.6) is 0 Å². The lowest BCUT2D eigenvalue weighted by molar-refractivity contribution is -0.137. The van der Waals surface area contributed by atoms with Gasteiger partial charge in [-0.25, -0.2) is 8.42 Å². The Labute approximate surface area is 126 Å². The second-order valence-electron chi connectivity index (χ2n) is 3.80. The van der Waals surface area contributed by atoms with Crippen molar-refractivity contribution in [1.82, 2.24) is 4.31 Å². The highest BCUT2D eigenvalue weighted by Crippen LogP contribution is 2.26. The lowest BCUT2D eigenvalue weighted by Gasteiger charge is -2.20. The molecule has 0 aliphatic heterocycles. The summed E-state index contributed by atoms with van der Waals surface area (Å²) in [5.74, 6) is -1.26. The number of methoxy groups -OCH3 is 1. The molecule has 0 aliphatic rings. The Kier molecular flexibility index (Phi) is 6.22. The van der Waals surface area contributed by atoms with Crippen molar-refractivity contribution in [3.63, 3.8) is 0 Å². The third-order valence-electron chi connectivity index (χ3n) is 2.39. The Bertz CT molecular complexity index is 590. The molecule has 0 heterocycles. The first-order valence-corrected chi connectivity index (χ1v) is 7.64. The second kappa shape index (κ2) is 7.24. The van der Waals surface area contributed by atoms with Crippen molar-refractivity contribution in [2.75, 3.05) is 26.8 Å². The zero-order valence-corrected chi connectivity index (χ0v) is 12.9. The fourth-order valence-electron chi connectivity index (χ4n) is 1.41. The third-order valence-corrected chi connectivity index (χ3v) is 4.97. The molecule has 0 aromatic heterocycles. The average Bonchev–Trinajstić information content (AvgIpc) is 2.37. The Balaban J connectivity index is 3.13. The van der Waals surface area contributed by atoms with Crippen LogP contribution >= 0.6 is 23.2 Å². The summed E-state index contributed by atoms with van der Waals surface area (Å²) in [7, 11) is -2.58. The van der Waals surface area contributed by atoms with E-state index in [0.29, 0.717) is 0 Å². The Morgan fingerprint density at radius 2 is 2.00 bits per heavy atom. The fourth-order valence-corrected chi connectivity index (χ4v) is 3.18. The zero-order chi connectivity index (χ0) is 15.3. The molecule has 0 fully saturated rings. The van der Waals surface area contributed by atoms with Crippen LogP contribution in [-0.2, 0) is 19.6 Å². The van der Waals surface area contributed by atoms with Crippen molar-refractivity contribution in [2.24, 2.45) is 0 Å². The number of halogens is 2. The van der Waals surface area contributed by atoms with Gasteiger partial charge in [-0.2, -0.15) is 4.31 Å². The molecule has 1 aromatic carbocycles. The van der Waals surface area contributed by atoms with E-state index >= 15 is 0 Å². The van der Waals surface area contributed by atoms with Gasteiger partial charge in [-0.3, -0.25) is 4.79 Å². The topological polar surface area (TPSA) is 83.9 Å². The maximum absolute atomic E-state index is 12.3. The van der Waals surface area contributed by atoms with Crippen LogP contribution in [0, 0.1) is 0 Å². The second-order valence-corrected chi connectivity index (χ2v) is 6.55. The van der Waals surface area contributed by atoms with Gasteiger partial charge in [0, 0.05) is 13.7 Å². The summed E-state index contributed by atoms with van der Waals surface area (Å²) in [5.41, 5.74) is 0. The van der Waals surface area contributed by atoms with Gasteiger partial charge in [0.25, 0.3) is 0 Å². The van der Waals surface area contributed by atoms with Gasteiger partial charge in [0.15, 0.2) is 0 Å². The summed E-state index contributed by atoms with van der Waals surface area (Å²) in [6.07, 6.45) is 0. The van der Waals surface area contributed by atoms with E-state index in [9.17, 15) is 13.2 Å². The predicted molar refractivity (Wildman–Crippen MR) is 74.7 cm³/mol. The van der Waals surface area contributed by atoms with Gasteiger partial charge in [-0.15, -0.1) is 0 Å². The number of ether oxygens (including phenoxy) is 1. The van der Waals surface area contributed by atoms with E-state index in [1.807, 2.05) is 0 Å². The number of carboxylic acids is 1. The number of hydrogen-bond donors (Lipinski definition) is 1. The smallest absolute Gasteiger partial charge is 0.318 e. The molecule has 1 N–H and O–H groups in total. The molecule has 0 unspecified atom stereocenters. The summed E-state index contributed by atoms with van der Waals surface area (Å²) >= 11 is 11.5. The maximum atomic E-state index is 12.3. The summed E-state index contributed by atoms with van der Waals surface area (Å²) in [4.78, 5) is 10.7. The van der Waals surface area contributed by atoms with Crippen LogP contribution < -0.4 is 0 Å². The number of aliphatic carboxylic acids is 1. The van der Waals surface area contributed by atoms with Crippen LogP contribution in [0.15, 0.2) is 23.1 Å². The molecule has 9 heteroatoms. The molecular weight excluding hydrogens is 329 g/mol. The minimum absolute atomic E-state index is 0.0772. The van der Waals surface area contributed by atoms with Crippen molar-refractivity contribution in [1.29, 1.82) is 0 Å². The van der Waals surface area contributed by atoms with Gasteiger partial charge < -0.3 is 9.84 Å². The van der Waals surface area contributed by atoms with Crippen molar-refractivity contribution >= 4 is 39.2 Å². The van der Waals surface area contributed by atoms with Gasteiger partial charge in [0.05, 0.1) is 21.5 Å². The minimum Gasteiger partial charge on any atom is -0.480 e. The Morgan fingerprint density at radius 3 is 2.50 bits per heavy atom.